The van der Waals surface area contributed by atoms with Gasteiger partial charge in [-0.1, -0.05) is 0 Å². The first kappa shape index (κ1) is 15.8. The summed E-state index contributed by atoms with van der Waals surface area (Å²) in [5, 5.41) is 0. The van der Waals surface area contributed by atoms with Gasteiger partial charge in [-0.25, -0.2) is 9.97 Å². The summed E-state index contributed by atoms with van der Waals surface area (Å²) < 4.78 is 1.79. The molecule has 2 aromatic rings. The molecular formula is C19H23N5O2. The van der Waals surface area contributed by atoms with Crippen LogP contribution in [0.5, 0.6) is 0 Å². The molecule has 7 heteroatoms. The Kier molecular flexibility index (Phi) is 3.52. The lowest BCUT2D eigenvalue weighted by atomic mass is 9.76. The van der Waals surface area contributed by atoms with Gasteiger partial charge in [0.1, 0.15) is 5.69 Å². The highest BCUT2D eigenvalue weighted by molar-refractivity contribution is 5.94. The number of aryl methyl sites for hydroxylation is 1. The minimum atomic E-state index is 0.0354. The van der Waals surface area contributed by atoms with Gasteiger partial charge in [-0.15, -0.1) is 0 Å². The summed E-state index contributed by atoms with van der Waals surface area (Å²) in [4.78, 5) is 38.4. The van der Waals surface area contributed by atoms with E-state index in [0.29, 0.717) is 41.7 Å². The fourth-order valence-corrected chi connectivity index (χ4v) is 5.18. The fraction of sp³-hybridized carbons (Fsp3) is 0.579. The Labute approximate surface area is 152 Å². The molecule has 2 amide bonds. The smallest absolute Gasteiger partial charge is 0.272 e. The first-order chi connectivity index (χ1) is 12.6. The van der Waals surface area contributed by atoms with Gasteiger partial charge in [0.15, 0.2) is 0 Å². The highest BCUT2D eigenvalue weighted by Crippen LogP contribution is 2.38. The molecule has 3 saturated heterocycles. The van der Waals surface area contributed by atoms with Crippen LogP contribution in [0.1, 0.15) is 41.9 Å². The molecule has 3 aliphatic rings. The number of hydrogen-bond acceptors (Lipinski definition) is 4. The van der Waals surface area contributed by atoms with E-state index < -0.39 is 0 Å². The maximum atomic E-state index is 13.3. The van der Waals surface area contributed by atoms with Crippen LogP contribution in [-0.2, 0) is 4.79 Å². The van der Waals surface area contributed by atoms with E-state index in [1.54, 1.807) is 10.6 Å². The monoisotopic (exact) mass is 353 g/mol. The van der Waals surface area contributed by atoms with Gasteiger partial charge in [0, 0.05) is 44.5 Å². The lowest BCUT2D eigenvalue weighted by Gasteiger charge is -2.52. The summed E-state index contributed by atoms with van der Waals surface area (Å²) in [6.45, 7) is 4.13. The number of carbonyl (C=O) groups excluding carboxylic acids is 2. The van der Waals surface area contributed by atoms with E-state index >= 15 is 0 Å². The number of aromatic nitrogens is 3. The average molecular weight is 353 g/mol. The van der Waals surface area contributed by atoms with Crippen LogP contribution in [0.3, 0.4) is 0 Å². The Morgan fingerprint density at radius 2 is 2.15 bits per heavy atom. The van der Waals surface area contributed by atoms with Crippen molar-refractivity contribution in [2.45, 2.75) is 38.6 Å². The van der Waals surface area contributed by atoms with Crippen LogP contribution in [0.4, 0.5) is 0 Å². The highest BCUT2D eigenvalue weighted by Gasteiger charge is 2.45. The molecule has 5 rings (SSSR count). The van der Waals surface area contributed by atoms with Gasteiger partial charge in [0.05, 0.1) is 5.69 Å². The molecule has 2 aromatic heterocycles. The molecule has 0 aliphatic carbocycles. The van der Waals surface area contributed by atoms with Crippen molar-refractivity contribution >= 4 is 17.6 Å². The van der Waals surface area contributed by atoms with E-state index in [2.05, 4.69) is 14.9 Å². The molecule has 3 atom stereocenters. The van der Waals surface area contributed by atoms with Crippen LogP contribution >= 0.6 is 0 Å². The molecule has 26 heavy (non-hydrogen) atoms. The number of piperidine rings is 3. The molecule has 0 radical (unpaired) electrons. The second-order valence-corrected chi connectivity index (χ2v) is 7.91. The van der Waals surface area contributed by atoms with E-state index in [9.17, 15) is 9.59 Å². The normalized spacial score (nSPS) is 28.3. The molecule has 0 N–H and O–H groups in total. The number of rotatable bonds is 1. The Morgan fingerprint density at radius 3 is 3.04 bits per heavy atom. The summed E-state index contributed by atoms with van der Waals surface area (Å²) in [6, 6.07) is 2.13. The van der Waals surface area contributed by atoms with Gasteiger partial charge in [-0.2, -0.15) is 0 Å². The van der Waals surface area contributed by atoms with Crippen LogP contribution in [0.15, 0.2) is 18.5 Å². The standard InChI is InChI=1S/C19H23N5O2/c1-12-17(23-7-3-6-20-19(23)21-12)18(26)22-9-13-8-14(11-22)15-4-2-5-16(25)24(15)10-13/h3,6-7,13-15H,2,4-5,8-11H2,1H3/t13-,14-,15+/m1/s1. The van der Waals surface area contributed by atoms with Crippen molar-refractivity contribution in [2.75, 3.05) is 19.6 Å². The number of nitrogens with zero attached hydrogens (tertiary/aromatic N) is 5. The topological polar surface area (TPSA) is 70.8 Å². The quantitative estimate of drug-likeness (QED) is 0.779. The fourth-order valence-electron chi connectivity index (χ4n) is 5.18. The molecule has 0 spiro atoms. The number of fused-ring (bicyclic) bond motifs is 5. The Bertz CT molecular complexity index is 891. The van der Waals surface area contributed by atoms with Crippen molar-refractivity contribution in [3.8, 4) is 0 Å². The van der Waals surface area contributed by atoms with Gasteiger partial charge in [-0.05, 0) is 44.1 Å². The first-order valence-corrected chi connectivity index (χ1v) is 9.50. The van der Waals surface area contributed by atoms with Crippen LogP contribution in [0, 0.1) is 18.8 Å². The van der Waals surface area contributed by atoms with Gasteiger partial charge in [0.25, 0.3) is 5.91 Å². The predicted octanol–water partition coefficient (Wildman–Crippen LogP) is 1.51. The predicted molar refractivity (Wildman–Crippen MR) is 94.6 cm³/mol. The first-order valence-electron chi connectivity index (χ1n) is 9.50. The minimum absolute atomic E-state index is 0.0354. The molecular weight excluding hydrogens is 330 g/mol. The van der Waals surface area contributed by atoms with Crippen LogP contribution in [0.25, 0.3) is 5.78 Å². The summed E-state index contributed by atoms with van der Waals surface area (Å²) in [5.41, 5.74) is 1.34. The number of likely N-dealkylation sites (tertiary alicyclic amines) is 1. The van der Waals surface area contributed by atoms with Crippen LogP contribution < -0.4 is 0 Å². The summed E-state index contributed by atoms with van der Waals surface area (Å²) in [5.74, 6) is 1.68. The zero-order valence-corrected chi connectivity index (χ0v) is 15.0. The van der Waals surface area contributed by atoms with Gasteiger partial charge >= 0.3 is 0 Å². The third-order valence-corrected chi connectivity index (χ3v) is 6.25. The third-order valence-electron chi connectivity index (χ3n) is 6.25. The lowest BCUT2D eigenvalue weighted by Crippen LogP contribution is -2.61. The average Bonchev–Trinajstić information content (AvgIpc) is 2.97. The highest BCUT2D eigenvalue weighted by atomic mass is 16.2. The Morgan fingerprint density at radius 1 is 1.27 bits per heavy atom. The Hall–Kier alpha value is -2.44. The van der Waals surface area contributed by atoms with Crippen LogP contribution in [0.2, 0.25) is 0 Å². The van der Waals surface area contributed by atoms with Crippen molar-refractivity contribution in [3.05, 3.63) is 29.8 Å². The van der Waals surface area contributed by atoms with Crippen molar-refractivity contribution in [1.29, 1.82) is 0 Å². The molecule has 3 fully saturated rings. The summed E-state index contributed by atoms with van der Waals surface area (Å²) in [7, 11) is 0. The molecule has 3 aliphatic heterocycles. The van der Waals surface area contributed by atoms with E-state index in [1.807, 2.05) is 24.1 Å². The maximum Gasteiger partial charge on any atom is 0.272 e. The van der Waals surface area contributed by atoms with Crippen LogP contribution in [-0.4, -0.2) is 61.7 Å². The molecule has 0 aromatic carbocycles. The zero-order chi connectivity index (χ0) is 17.8. The number of carbonyl (C=O) groups is 2. The largest absolute Gasteiger partial charge is 0.339 e. The zero-order valence-electron chi connectivity index (χ0n) is 15.0. The SMILES string of the molecule is Cc1nc2ncccn2c1C(=O)N1C[C@H]2C[C@H](C1)[C@@H]1CCCC(=O)N1C2. The van der Waals surface area contributed by atoms with Crippen molar-refractivity contribution < 1.29 is 9.59 Å². The molecule has 5 heterocycles. The van der Waals surface area contributed by atoms with Gasteiger partial charge in [0.2, 0.25) is 11.7 Å². The number of imidazole rings is 1. The van der Waals surface area contributed by atoms with Crippen molar-refractivity contribution in [2.24, 2.45) is 11.8 Å². The van der Waals surface area contributed by atoms with Gasteiger partial charge < -0.3 is 9.80 Å². The van der Waals surface area contributed by atoms with Crippen molar-refractivity contribution in [1.82, 2.24) is 24.2 Å². The maximum absolute atomic E-state index is 13.3. The molecule has 136 valence electrons. The summed E-state index contributed by atoms with van der Waals surface area (Å²) in [6.07, 6.45) is 7.41. The summed E-state index contributed by atoms with van der Waals surface area (Å²) >= 11 is 0. The van der Waals surface area contributed by atoms with E-state index in [1.165, 1.54) is 0 Å². The second kappa shape index (κ2) is 5.79. The molecule has 2 bridgehead atoms. The Balaban J connectivity index is 1.44. The molecule has 0 unspecified atom stereocenters. The minimum Gasteiger partial charge on any atom is -0.339 e. The molecule has 7 nitrogen and oxygen atoms in total. The molecule has 0 saturated carbocycles. The lowest BCUT2D eigenvalue weighted by molar-refractivity contribution is -0.144. The number of amides is 2. The van der Waals surface area contributed by atoms with E-state index in [0.717, 1.165) is 44.6 Å². The van der Waals surface area contributed by atoms with E-state index in [4.69, 9.17) is 0 Å². The van der Waals surface area contributed by atoms with Gasteiger partial charge in [-0.3, -0.25) is 14.0 Å². The second-order valence-electron chi connectivity index (χ2n) is 7.91. The third kappa shape index (κ3) is 2.33. The van der Waals surface area contributed by atoms with Crippen molar-refractivity contribution in [3.63, 3.8) is 0 Å². The number of hydrogen-bond donors (Lipinski definition) is 0. The van der Waals surface area contributed by atoms with E-state index in [-0.39, 0.29) is 5.91 Å².